The first-order valence-electron chi connectivity index (χ1n) is 4.23. The zero-order chi connectivity index (χ0) is 10.8. The molecule has 14 heavy (non-hydrogen) atoms. The molecule has 0 saturated heterocycles. The van der Waals surface area contributed by atoms with Crippen molar-refractivity contribution >= 4 is 5.97 Å². The number of carbonyl (C=O) groups is 1. The van der Waals surface area contributed by atoms with Gasteiger partial charge in [-0.3, -0.25) is 0 Å². The molecule has 0 amide bonds. The Labute approximate surface area is 81.1 Å². The molecule has 1 rings (SSSR count). The fraction of sp³-hybridized carbons (Fsp3) is 0.625. The zero-order valence-electron chi connectivity index (χ0n) is 8.15. The molecule has 0 bridgehead atoms. The van der Waals surface area contributed by atoms with Gasteiger partial charge in [-0.1, -0.05) is 0 Å². The second-order valence-electron chi connectivity index (χ2n) is 3.81. The van der Waals surface area contributed by atoms with Gasteiger partial charge in [0.05, 0.1) is 0 Å². The minimum atomic E-state index is -1.19. The molecule has 0 unspecified atom stereocenters. The van der Waals surface area contributed by atoms with Crippen LogP contribution in [0.3, 0.4) is 0 Å². The van der Waals surface area contributed by atoms with Gasteiger partial charge in [-0.05, 0) is 25.4 Å². The molecule has 0 atom stereocenters. The number of aromatic nitrogens is 2. The van der Waals surface area contributed by atoms with E-state index in [-0.39, 0.29) is 11.4 Å². The summed E-state index contributed by atoms with van der Waals surface area (Å²) < 4.78 is 4.72. The molecule has 0 aliphatic rings. The number of hydrogen-bond acceptors (Lipinski definition) is 5. The molecule has 0 aromatic carbocycles. The van der Waals surface area contributed by atoms with Crippen molar-refractivity contribution in [1.82, 2.24) is 10.1 Å². The van der Waals surface area contributed by atoms with E-state index in [4.69, 9.17) is 15.4 Å². The molecule has 3 N–H and O–H groups in total. The first-order chi connectivity index (χ1) is 6.38. The van der Waals surface area contributed by atoms with Gasteiger partial charge < -0.3 is 15.4 Å². The predicted octanol–water partition coefficient (Wildman–Crippen LogP) is 0.438. The van der Waals surface area contributed by atoms with Crippen LogP contribution < -0.4 is 5.73 Å². The summed E-state index contributed by atoms with van der Waals surface area (Å²) in [7, 11) is 0. The highest BCUT2D eigenvalue weighted by Crippen LogP contribution is 2.09. The highest BCUT2D eigenvalue weighted by molar-refractivity contribution is 5.82. The van der Waals surface area contributed by atoms with Gasteiger partial charge >= 0.3 is 5.97 Å². The molecule has 6 nitrogen and oxygen atoms in total. The molecule has 0 aliphatic heterocycles. The van der Waals surface area contributed by atoms with Gasteiger partial charge in [0.1, 0.15) is 0 Å². The van der Waals surface area contributed by atoms with Gasteiger partial charge in [0, 0.05) is 12.0 Å². The van der Waals surface area contributed by atoms with E-state index in [0.29, 0.717) is 18.7 Å². The Morgan fingerprint density at radius 1 is 1.64 bits per heavy atom. The summed E-state index contributed by atoms with van der Waals surface area (Å²) in [5.74, 6) is -1.19. The van der Waals surface area contributed by atoms with Crippen molar-refractivity contribution in [2.75, 3.05) is 0 Å². The summed E-state index contributed by atoms with van der Waals surface area (Å²) in [6, 6.07) is 0. The van der Waals surface area contributed by atoms with Crippen LogP contribution in [0.2, 0.25) is 0 Å². The van der Waals surface area contributed by atoms with Crippen LogP contribution >= 0.6 is 0 Å². The van der Waals surface area contributed by atoms with E-state index in [2.05, 4.69) is 10.1 Å². The SMILES string of the molecule is CC(C)(N)CCc1nc(C(=O)O)no1. The monoisotopic (exact) mass is 199 g/mol. The zero-order valence-corrected chi connectivity index (χ0v) is 8.15. The van der Waals surface area contributed by atoms with Crippen LogP contribution in [0, 0.1) is 0 Å². The first-order valence-corrected chi connectivity index (χ1v) is 4.23. The van der Waals surface area contributed by atoms with Crippen LogP contribution in [0.5, 0.6) is 0 Å². The van der Waals surface area contributed by atoms with Gasteiger partial charge in [0.15, 0.2) is 0 Å². The molecule has 0 aliphatic carbocycles. The Hall–Kier alpha value is -1.43. The number of aryl methyl sites for hydroxylation is 1. The van der Waals surface area contributed by atoms with Crippen molar-refractivity contribution in [3.63, 3.8) is 0 Å². The molecule has 1 heterocycles. The molecular weight excluding hydrogens is 186 g/mol. The molecule has 0 fully saturated rings. The van der Waals surface area contributed by atoms with Crippen LogP contribution in [-0.2, 0) is 6.42 Å². The quantitative estimate of drug-likeness (QED) is 0.729. The number of hydrogen-bond donors (Lipinski definition) is 2. The van der Waals surface area contributed by atoms with Gasteiger partial charge in [0.2, 0.25) is 5.89 Å². The van der Waals surface area contributed by atoms with E-state index in [9.17, 15) is 4.79 Å². The van der Waals surface area contributed by atoms with Crippen molar-refractivity contribution in [3.8, 4) is 0 Å². The minimum Gasteiger partial charge on any atom is -0.475 e. The highest BCUT2D eigenvalue weighted by atomic mass is 16.5. The van der Waals surface area contributed by atoms with E-state index in [1.807, 2.05) is 13.8 Å². The smallest absolute Gasteiger partial charge is 0.377 e. The second kappa shape index (κ2) is 3.75. The van der Waals surface area contributed by atoms with Crippen LogP contribution in [0.4, 0.5) is 0 Å². The van der Waals surface area contributed by atoms with Crippen molar-refractivity contribution in [2.24, 2.45) is 5.73 Å². The largest absolute Gasteiger partial charge is 0.475 e. The third-order valence-electron chi connectivity index (χ3n) is 1.64. The molecule has 0 saturated carbocycles. The minimum absolute atomic E-state index is 0.306. The summed E-state index contributed by atoms with van der Waals surface area (Å²) in [6.45, 7) is 3.75. The fourth-order valence-corrected chi connectivity index (χ4v) is 0.872. The number of nitrogens with zero attached hydrogens (tertiary/aromatic N) is 2. The summed E-state index contributed by atoms with van der Waals surface area (Å²) in [5.41, 5.74) is 5.42. The number of carboxylic acids is 1. The van der Waals surface area contributed by atoms with Crippen LogP contribution in [0.15, 0.2) is 4.52 Å². The molecule has 6 heteroatoms. The Bertz CT molecular complexity index is 327. The van der Waals surface area contributed by atoms with E-state index in [1.54, 1.807) is 0 Å². The Morgan fingerprint density at radius 3 is 2.71 bits per heavy atom. The molecule has 0 radical (unpaired) electrons. The van der Waals surface area contributed by atoms with E-state index >= 15 is 0 Å². The van der Waals surface area contributed by atoms with Crippen molar-refractivity contribution < 1.29 is 14.4 Å². The lowest BCUT2D eigenvalue weighted by molar-refractivity contribution is 0.0680. The van der Waals surface area contributed by atoms with E-state index in [1.165, 1.54) is 0 Å². The van der Waals surface area contributed by atoms with Gasteiger partial charge in [-0.15, -0.1) is 0 Å². The first kappa shape index (κ1) is 10.6. The number of carboxylic acid groups (broad SMARTS) is 1. The van der Waals surface area contributed by atoms with Gasteiger partial charge in [0.25, 0.3) is 5.82 Å². The van der Waals surface area contributed by atoms with E-state index in [0.717, 1.165) is 0 Å². The Morgan fingerprint density at radius 2 is 2.29 bits per heavy atom. The normalized spacial score (nSPS) is 11.6. The highest BCUT2D eigenvalue weighted by Gasteiger charge is 2.16. The number of nitrogens with two attached hydrogens (primary N) is 1. The van der Waals surface area contributed by atoms with Gasteiger partial charge in [-0.2, -0.15) is 4.98 Å². The summed E-state index contributed by atoms with van der Waals surface area (Å²) in [6.07, 6.45) is 1.15. The molecule has 0 spiro atoms. The molecular formula is C8H13N3O3. The van der Waals surface area contributed by atoms with Crippen molar-refractivity contribution in [2.45, 2.75) is 32.2 Å². The van der Waals surface area contributed by atoms with Crippen molar-refractivity contribution in [3.05, 3.63) is 11.7 Å². The topological polar surface area (TPSA) is 102 Å². The third-order valence-corrected chi connectivity index (χ3v) is 1.64. The molecule has 1 aromatic rings. The maximum absolute atomic E-state index is 10.4. The second-order valence-corrected chi connectivity index (χ2v) is 3.81. The average Bonchev–Trinajstić information content (AvgIpc) is 2.47. The van der Waals surface area contributed by atoms with Crippen LogP contribution in [0.25, 0.3) is 0 Å². The van der Waals surface area contributed by atoms with Crippen LogP contribution in [-0.4, -0.2) is 26.8 Å². The number of aromatic carboxylic acids is 1. The predicted molar refractivity (Wildman–Crippen MR) is 47.8 cm³/mol. The maximum Gasteiger partial charge on any atom is 0.377 e. The lowest BCUT2D eigenvalue weighted by Gasteiger charge is -2.16. The maximum atomic E-state index is 10.4. The third kappa shape index (κ3) is 3.14. The van der Waals surface area contributed by atoms with E-state index < -0.39 is 5.97 Å². The molecule has 1 aromatic heterocycles. The standard InChI is InChI=1S/C8H13N3O3/c1-8(2,9)4-3-5-10-6(7(12)13)11-14-5/h3-4,9H2,1-2H3,(H,12,13). The average molecular weight is 199 g/mol. The summed E-state index contributed by atoms with van der Waals surface area (Å²) in [4.78, 5) is 14.1. The van der Waals surface area contributed by atoms with Crippen LogP contribution in [0.1, 0.15) is 36.8 Å². The Kier molecular flexibility index (Phi) is 2.85. The fourth-order valence-electron chi connectivity index (χ4n) is 0.872. The summed E-state index contributed by atoms with van der Waals surface area (Å²) in [5, 5.41) is 11.8. The number of rotatable bonds is 4. The Balaban J connectivity index is 2.56. The molecule has 78 valence electrons. The van der Waals surface area contributed by atoms with Gasteiger partial charge in [-0.25, -0.2) is 4.79 Å². The van der Waals surface area contributed by atoms with Crippen molar-refractivity contribution in [1.29, 1.82) is 0 Å². The lowest BCUT2D eigenvalue weighted by atomic mass is 10.0. The summed E-state index contributed by atoms with van der Waals surface area (Å²) >= 11 is 0. The lowest BCUT2D eigenvalue weighted by Crippen LogP contribution is -2.32.